The van der Waals surface area contributed by atoms with Crippen molar-refractivity contribution in [3.63, 3.8) is 0 Å². The first kappa shape index (κ1) is 9.82. The lowest BCUT2D eigenvalue weighted by molar-refractivity contribution is -0.119. The third-order valence-electron chi connectivity index (χ3n) is 1.20. The highest BCUT2D eigenvalue weighted by Crippen LogP contribution is 1.98. The van der Waals surface area contributed by atoms with Crippen LogP contribution in [-0.4, -0.2) is 24.0 Å². The van der Waals surface area contributed by atoms with Gasteiger partial charge in [0, 0.05) is 13.0 Å². The summed E-state index contributed by atoms with van der Waals surface area (Å²) in [6.45, 7) is 3.58. The fourth-order valence-corrected chi connectivity index (χ4v) is 1.30. The Labute approximate surface area is 66.8 Å². The molecule has 0 aromatic carbocycles. The molecule has 0 aromatic heterocycles. The average molecular weight is 161 g/mol. The van der Waals surface area contributed by atoms with Gasteiger partial charge in [0.05, 0.1) is 0 Å². The molecule has 0 saturated heterocycles. The molecule has 0 aliphatic carbocycles. The normalized spacial score (nSPS) is 12.7. The van der Waals surface area contributed by atoms with Crippen LogP contribution in [0.25, 0.3) is 0 Å². The van der Waals surface area contributed by atoms with Crippen molar-refractivity contribution < 1.29 is 4.79 Å². The molecule has 3 heteroatoms. The molecule has 0 rings (SSSR count). The Kier molecular flexibility index (Phi) is 5.49. The summed E-state index contributed by atoms with van der Waals surface area (Å²) in [5.41, 5.74) is 0. The Morgan fingerprint density at radius 1 is 1.70 bits per heavy atom. The van der Waals surface area contributed by atoms with E-state index in [0.29, 0.717) is 6.04 Å². The fourth-order valence-electron chi connectivity index (χ4n) is 0.714. The molecular formula is C7H15NOS. The Bertz CT molecular complexity index is 106. The fraction of sp³-hybridized carbons (Fsp3) is 0.857. The van der Waals surface area contributed by atoms with Gasteiger partial charge in [0.2, 0.25) is 5.91 Å². The van der Waals surface area contributed by atoms with Gasteiger partial charge in [-0.25, -0.2) is 0 Å². The van der Waals surface area contributed by atoms with Gasteiger partial charge in [0.25, 0.3) is 0 Å². The number of amides is 1. The molecule has 60 valence electrons. The third kappa shape index (κ3) is 5.95. The number of hydrogen-bond donors (Lipinski definition) is 1. The lowest BCUT2D eigenvalue weighted by Crippen LogP contribution is -2.30. The molecule has 0 fully saturated rings. The largest absolute Gasteiger partial charge is 0.354 e. The van der Waals surface area contributed by atoms with Gasteiger partial charge in [-0.3, -0.25) is 4.79 Å². The summed E-state index contributed by atoms with van der Waals surface area (Å²) in [4.78, 5) is 10.5. The Hall–Kier alpha value is -0.180. The highest BCUT2D eigenvalue weighted by Gasteiger charge is 2.00. The minimum atomic E-state index is 0.0635. The number of rotatable bonds is 4. The van der Waals surface area contributed by atoms with E-state index in [-0.39, 0.29) is 5.91 Å². The number of nitrogens with one attached hydrogen (secondary N) is 1. The summed E-state index contributed by atoms with van der Waals surface area (Å²) < 4.78 is 0. The Morgan fingerprint density at radius 3 is 2.70 bits per heavy atom. The molecule has 1 unspecified atom stereocenters. The average Bonchev–Trinajstić information content (AvgIpc) is 1.82. The summed E-state index contributed by atoms with van der Waals surface area (Å²) in [5.74, 6) is 1.18. The molecule has 1 atom stereocenters. The van der Waals surface area contributed by atoms with Gasteiger partial charge < -0.3 is 5.32 Å². The van der Waals surface area contributed by atoms with Crippen molar-refractivity contribution >= 4 is 17.7 Å². The van der Waals surface area contributed by atoms with E-state index >= 15 is 0 Å². The quantitative estimate of drug-likeness (QED) is 0.672. The van der Waals surface area contributed by atoms with Crippen LogP contribution in [-0.2, 0) is 4.79 Å². The minimum absolute atomic E-state index is 0.0635. The van der Waals surface area contributed by atoms with Crippen LogP contribution in [0.2, 0.25) is 0 Å². The number of thioether (sulfide) groups is 1. The molecule has 2 nitrogen and oxygen atoms in total. The molecule has 0 aliphatic rings. The second-order valence-corrected chi connectivity index (χ2v) is 3.37. The van der Waals surface area contributed by atoms with Crippen LogP contribution in [0.15, 0.2) is 0 Å². The van der Waals surface area contributed by atoms with Crippen molar-refractivity contribution in [1.29, 1.82) is 0 Å². The van der Waals surface area contributed by atoms with Crippen LogP contribution in [0.5, 0.6) is 0 Å². The zero-order chi connectivity index (χ0) is 7.98. The first-order valence-corrected chi connectivity index (χ1v) is 4.82. The van der Waals surface area contributed by atoms with Gasteiger partial charge >= 0.3 is 0 Å². The van der Waals surface area contributed by atoms with Gasteiger partial charge in [-0.05, 0) is 25.4 Å². The SMILES string of the molecule is CSCCC(C)NC(C)=O. The molecule has 10 heavy (non-hydrogen) atoms. The van der Waals surface area contributed by atoms with E-state index in [4.69, 9.17) is 0 Å². The number of hydrogen-bond acceptors (Lipinski definition) is 2. The predicted octanol–water partition coefficient (Wildman–Crippen LogP) is 1.26. The standard InChI is InChI=1S/C7H15NOS/c1-6(4-5-10-3)8-7(2)9/h6H,4-5H2,1-3H3,(H,8,9). The van der Waals surface area contributed by atoms with E-state index in [1.54, 1.807) is 18.7 Å². The second-order valence-electron chi connectivity index (χ2n) is 2.38. The molecule has 1 amide bonds. The van der Waals surface area contributed by atoms with Crippen LogP contribution in [0, 0.1) is 0 Å². The van der Waals surface area contributed by atoms with Gasteiger partial charge in [-0.2, -0.15) is 11.8 Å². The predicted molar refractivity (Wildman–Crippen MR) is 46.3 cm³/mol. The third-order valence-corrected chi connectivity index (χ3v) is 1.85. The van der Waals surface area contributed by atoms with E-state index in [0.717, 1.165) is 12.2 Å². The smallest absolute Gasteiger partial charge is 0.217 e. The molecule has 0 heterocycles. The van der Waals surface area contributed by atoms with Crippen molar-refractivity contribution in [2.75, 3.05) is 12.0 Å². The highest BCUT2D eigenvalue weighted by molar-refractivity contribution is 7.98. The summed E-state index contributed by atoms with van der Waals surface area (Å²) in [6.07, 6.45) is 3.13. The van der Waals surface area contributed by atoms with Crippen LogP contribution in [0.1, 0.15) is 20.3 Å². The van der Waals surface area contributed by atoms with Crippen molar-refractivity contribution in [3.05, 3.63) is 0 Å². The van der Waals surface area contributed by atoms with Crippen LogP contribution in [0.3, 0.4) is 0 Å². The molecular weight excluding hydrogens is 146 g/mol. The maximum absolute atomic E-state index is 10.5. The monoisotopic (exact) mass is 161 g/mol. The van der Waals surface area contributed by atoms with Crippen molar-refractivity contribution in [2.24, 2.45) is 0 Å². The van der Waals surface area contributed by atoms with Crippen LogP contribution < -0.4 is 5.32 Å². The van der Waals surface area contributed by atoms with Crippen molar-refractivity contribution in [2.45, 2.75) is 26.3 Å². The van der Waals surface area contributed by atoms with E-state index in [9.17, 15) is 4.79 Å². The maximum atomic E-state index is 10.5. The van der Waals surface area contributed by atoms with E-state index in [2.05, 4.69) is 11.6 Å². The lowest BCUT2D eigenvalue weighted by Gasteiger charge is -2.10. The molecule has 0 spiro atoms. The zero-order valence-corrected chi connectivity index (χ0v) is 7.62. The summed E-state index contributed by atoms with van der Waals surface area (Å²) >= 11 is 1.81. The van der Waals surface area contributed by atoms with Crippen LogP contribution >= 0.6 is 11.8 Å². The van der Waals surface area contributed by atoms with E-state index < -0.39 is 0 Å². The first-order chi connectivity index (χ1) is 4.66. The molecule has 0 saturated carbocycles. The van der Waals surface area contributed by atoms with Crippen molar-refractivity contribution in [1.82, 2.24) is 5.32 Å². The first-order valence-electron chi connectivity index (χ1n) is 3.43. The molecule has 0 radical (unpaired) electrons. The molecule has 0 aromatic rings. The Balaban J connectivity index is 3.25. The van der Waals surface area contributed by atoms with E-state index in [1.165, 1.54) is 0 Å². The number of carbonyl (C=O) groups is 1. The minimum Gasteiger partial charge on any atom is -0.354 e. The molecule has 1 N–H and O–H groups in total. The lowest BCUT2D eigenvalue weighted by atomic mass is 10.2. The topological polar surface area (TPSA) is 29.1 Å². The summed E-state index contributed by atoms with van der Waals surface area (Å²) in [5, 5.41) is 2.83. The second kappa shape index (κ2) is 5.59. The molecule has 0 bridgehead atoms. The Morgan fingerprint density at radius 2 is 2.30 bits per heavy atom. The zero-order valence-electron chi connectivity index (χ0n) is 6.81. The summed E-state index contributed by atoms with van der Waals surface area (Å²) in [7, 11) is 0. The van der Waals surface area contributed by atoms with Crippen molar-refractivity contribution in [3.8, 4) is 0 Å². The number of carbonyl (C=O) groups excluding carboxylic acids is 1. The maximum Gasteiger partial charge on any atom is 0.217 e. The molecule has 0 aliphatic heterocycles. The van der Waals surface area contributed by atoms with Gasteiger partial charge in [-0.1, -0.05) is 0 Å². The highest BCUT2D eigenvalue weighted by atomic mass is 32.2. The van der Waals surface area contributed by atoms with Gasteiger partial charge in [-0.15, -0.1) is 0 Å². The summed E-state index contributed by atoms with van der Waals surface area (Å²) in [6, 6.07) is 0.324. The van der Waals surface area contributed by atoms with E-state index in [1.807, 2.05) is 6.92 Å². The van der Waals surface area contributed by atoms with Gasteiger partial charge in [0.15, 0.2) is 0 Å². The van der Waals surface area contributed by atoms with Crippen LogP contribution in [0.4, 0.5) is 0 Å². The van der Waals surface area contributed by atoms with Gasteiger partial charge in [0.1, 0.15) is 0 Å².